The van der Waals surface area contributed by atoms with Gasteiger partial charge in [0.2, 0.25) is 35.4 Å². The molecule has 4 aromatic rings. The van der Waals surface area contributed by atoms with E-state index < -0.39 is 71.7 Å². The molecule has 24 nitrogen and oxygen atoms in total. The molecule has 74 heavy (non-hydrogen) atoms. The molecule has 0 aromatic heterocycles. The number of aliphatic imine (C=N–C) groups is 4. The molecule has 1 aliphatic heterocycles. The number of rotatable bonds is 20. The molecular weight excluding hydrogens is 949 g/mol. The first-order chi connectivity index (χ1) is 35.4. The Hall–Kier alpha value is -8.70. The fourth-order valence-corrected chi connectivity index (χ4v) is 8.34. The Bertz CT molecular complexity index is 2590. The van der Waals surface area contributed by atoms with Crippen molar-refractivity contribution in [3.63, 3.8) is 0 Å². The summed E-state index contributed by atoms with van der Waals surface area (Å²) in [4.78, 5) is 104. The average Bonchev–Trinajstić information content (AvgIpc) is 3.36. The van der Waals surface area contributed by atoms with Gasteiger partial charge < -0.3 is 77.8 Å². The number of nitrogens with one attached hydrogen (secondary N) is 6. The molecule has 1 fully saturated rings. The Balaban J connectivity index is 1.62. The van der Waals surface area contributed by atoms with Crippen LogP contribution in [-0.4, -0.2) is 122 Å². The predicted molar refractivity (Wildman–Crippen MR) is 287 cm³/mol. The Morgan fingerprint density at radius 1 is 0.338 bits per heavy atom. The van der Waals surface area contributed by atoms with Crippen LogP contribution in [0.5, 0.6) is 0 Å². The highest BCUT2D eigenvalue weighted by Gasteiger charge is 2.35. The van der Waals surface area contributed by atoms with Gasteiger partial charge in [-0.25, -0.2) is 0 Å². The number of hydrogen-bond acceptors (Lipinski definition) is 10. The summed E-state index contributed by atoms with van der Waals surface area (Å²) in [5, 5.41) is 20.5. The maximum Gasteiger partial charge on any atom is 0.243 e. The second-order valence-corrected chi connectivity index (χ2v) is 17.9. The van der Waals surface area contributed by atoms with Gasteiger partial charge in [-0.2, -0.15) is 0 Å². The van der Waals surface area contributed by atoms with Crippen LogP contribution in [0.4, 0.5) is 0 Å². The fourth-order valence-electron chi connectivity index (χ4n) is 8.34. The van der Waals surface area contributed by atoms with Crippen LogP contribution >= 0.6 is 0 Å². The van der Waals surface area contributed by atoms with E-state index in [4.69, 9.17) is 45.9 Å². The van der Waals surface area contributed by atoms with E-state index in [0.29, 0.717) is 11.1 Å². The summed E-state index contributed by atoms with van der Waals surface area (Å²) in [6, 6.07) is 18.6. The van der Waals surface area contributed by atoms with Gasteiger partial charge in [0.05, 0.1) is 0 Å². The minimum absolute atomic E-state index is 0.0195. The third kappa shape index (κ3) is 18.5. The number of nitrogens with zero attached hydrogens (tertiary/aromatic N) is 4. The molecule has 24 heteroatoms. The van der Waals surface area contributed by atoms with Gasteiger partial charge in [0.25, 0.3) is 0 Å². The van der Waals surface area contributed by atoms with Crippen molar-refractivity contribution in [3.05, 3.63) is 96.1 Å². The van der Waals surface area contributed by atoms with Crippen LogP contribution in [0.3, 0.4) is 0 Å². The summed E-state index contributed by atoms with van der Waals surface area (Å²) in [5.74, 6) is -5.29. The highest BCUT2D eigenvalue weighted by atomic mass is 16.2. The lowest BCUT2D eigenvalue weighted by atomic mass is 9.98. The summed E-state index contributed by atoms with van der Waals surface area (Å²) in [6.45, 7) is 0.336. The fraction of sp³-hybridized carbons (Fsp3) is 0.400. The minimum atomic E-state index is -1.33. The molecule has 0 saturated carbocycles. The standard InChI is InChI=1S/C50H70N18O6/c51-47(52)59-21-5-13-35-41(69)63-36(14-6-22-60-48(53)54)42(70)65-38(16-8-24-62-50(57)58)44(72)67-40(28-30-18-20-32-10-2-4-12-34(32)26-30)46(74)68-39(27-29-17-19-31-9-1-3-11-33(31)25-29)45(73)66-37(43(71)64-35)15-7-23-61-49(55)56/h1-4,9-12,17-20,25-26,35-40H,5-8,13-16,21-24,27-28H2,(H,63,69)(H,64,71)(H,65,70)(H,66,73)(H,67,72)(H,68,74)(H4,51,52,59)(H4,53,54,60)(H4,55,56,61)(H4,57,58,62)/t35-,36-,37-,38-,39-,40-/m0/s1. The normalized spacial score (nSPS) is 20.0. The summed E-state index contributed by atoms with van der Waals surface area (Å²) in [5.41, 5.74) is 46.0. The number of amides is 6. The first kappa shape index (κ1) is 56.2. The number of carbonyl (C=O) groups excluding carboxylic acids is 6. The molecule has 5 rings (SSSR count). The number of guanidine groups is 4. The van der Waals surface area contributed by atoms with Crippen LogP contribution in [0, 0.1) is 0 Å². The second-order valence-electron chi connectivity index (χ2n) is 17.9. The van der Waals surface area contributed by atoms with Gasteiger partial charge in [0.15, 0.2) is 23.8 Å². The molecule has 1 heterocycles. The SMILES string of the molecule is NC(N)=NCCC[C@@H]1NC(=O)[C@H](CCCN=C(N)N)NC(=O)[C@H](CCCN=C(N)N)NC(=O)[C@H](Cc2ccc3ccccc3c2)NC(=O)[C@H](Cc2ccc3ccccc3c2)NC(=O)[C@H](CCCN=C(N)N)NC1=O. The molecule has 396 valence electrons. The number of hydrogen-bond donors (Lipinski definition) is 14. The van der Waals surface area contributed by atoms with E-state index in [1.165, 1.54) is 0 Å². The largest absolute Gasteiger partial charge is 0.370 e. The second kappa shape index (κ2) is 28.4. The summed E-state index contributed by atoms with van der Waals surface area (Å²) < 4.78 is 0. The molecule has 6 atom stereocenters. The molecule has 6 amide bonds. The quantitative estimate of drug-likeness (QED) is 0.0257. The highest BCUT2D eigenvalue weighted by molar-refractivity contribution is 5.99. The number of fused-ring (bicyclic) bond motifs is 2. The number of carbonyl (C=O) groups is 6. The maximum atomic E-state index is 14.9. The van der Waals surface area contributed by atoms with Crippen molar-refractivity contribution in [1.29, 1.82) is 0 Å². The molecule has 1 saturated heterocycles. The lowest BCUT2D eigenvalue weighted by Crippen LogP contribution is -2.62. The van der Waals surface area contributed by atoms with Gasteiger partial charge in [-0.3, -0.25) is 48.7 Å². The Labute approximate surface area is 428 Å². The summed E-state index contributed by atoms with van der Waals surface area (Å²) in [7, 11) is 0. The highest BCUT2D eigenvalue weighted by Crippen LogP contribution is 2.20. The summed E-state index contributed by atoms with van der Waals surface area (Å²) in [6.07, 6.45) is 0.587. The molecular formula is C50H70N18O6. The molecule has 0 unspecified atom stereocenters. The van der Waals surface area contributed by atoms with Gasteiger partial charge in [-0.15, -0.1) is 0 Å². The van der Waals surface area contributed by atoms with Crippen molar-refractivity contribution in [2.24, 2.45) is 65.8 Å². The predicted octanol–water partition coefficient (Wildman–Crippen LogP) is -2.09. The monoisotopic (exact) mass is 1020 g/mol. The minimum Gasteiger partial charge on any atom is -0.370 e. The van der Waals surface area contributed by atoms with E-state index in [-0.39, 0.29) is 114 Å². The smallest absolute Gasteiger partial charge is 0.243 e. The molecule has 22 N–H and O–H groups in total. The van der Waals surface area contributed by atoms with E-state index in [2.05, 4.69) is 51.9 Å². The van der Waals surface area contributed by atoms with E-state index in [1.54, 1.807) is 0 Å². The van der Waals surface area contributed by atoms with Gasteiger partial charge in [-0.1, -0.05) is 84.9 Å². The molecule has 0 spiro atoms. The van der Waals surface area contributed by atoms with E-state index in [0.717, 1.165) is 21.5 Å². The molecule has 4 aromatic carbocycles. The van der Waals surface area contributed by atoms with Gasteiger partial charge in [0, 0.05) is 39.0 Å². The van der Waals surface area contributed by atoms with Gasteiger partial charge >= 0.3 is 0 Å². The van der Waals surface area contributed by atoms with Crippen molar-refractivity contribution in [2.45, 2.75) is 100 Å². The first-order valence-corrected chi connectivity index (χ1v) is 24.4. The number of nitrogens with two attached hydrogens (primary N) is 8. The van der Waals surface area contributed by atoms with Gasteiger partial charge in [0.1, 0.15) is 36.3 Å². The van der Waals surface area contributed by atoms with Crippen LogP contribution in [0.15, 0.2) is 105 Å². The number of benzene rings is 4. The van der Waals surface area contributed by atoms with Crippen LogP contribution in [0.25, 0.3) is 21.5 Å². The van der Waals surface area contributed by atoms with Crippen molar-refractivity contribution < 1.29 is 28.8 Å². The van der Waals surface area contributed by atoms with Crippen molar-refractivity contribution in [2.75, 3.05) is 26.2 Å². The zero-order chi connectivity index (χ0) is 53.6. The van der Waals surface area contributed by atoms with Crippen molar-refractivity contribution >= 4 is 80.8 Å². The maximum absolute atomic E-state index is 14.9. The van der Waals surface area contributed by atoms with E-state index in [9.17, 15) is 28.8 Å². The zero-order valence-electron chi connectivity index (χ0n) is 41.3. The summed E-state index contributed by atoms with van der Waals surface area (Å²) >= 11 is 0. The zero-order valence-corrected chi connectivity index (χ0v) is 41.3. The first-order valence-electron chi connectivity index (χ1n) is 24.4. The van der Waals surface area contributed by atoms with Gasteiger partial charge in [-0.05, 0) is 84.0 Å². The lowest BCUT2D eigenvalue weighted by molar-refractivity contribution is -0.137. The molecule has 1 aliphatic rings. The van der Waals surface area contributed by atoms with Crippen LogP contribution in [0.2, 0.25) is 0 Å². The lowest BCUT2D eigenvalue weighted by Gasteiger charge is -2.29. The topological polar surface area (TPSA) is 432 Å². The average molecular weight is 1020 g/mol. The van der Waals surface area contributed by atoms with Crippen molar-refractivity contribution in [1.82, 2.24) is 31.9 Å². The third-order valence-corrected chi connectivity index (χ3v) is 12.1. The molecule has 0 aliphatic carbocycles. The van der Waals surface area contributed by atoms with E-state index >= 15 is 0 Å². The molecule has 0 bridgehead atoms. The molecule has 0 radical (unpaired) electrons. The van der Waals surface area contributed by atoms with Crippen LogP contribution < -0.4 is 77.8 Å². The van der Waals surface area contributed by atoms with E-state index in [1.807, 2.05) is 84.9 Å². The Morgan fingerprint density at radius 2 is 0.581 bits per heavy atom. The van der Waals surface area contributed by atoms with Crippen LogP contribution in [0.1, 0.15) is 62.5 Å². The van der Waals surface area contributed by atoms with Crippen LogP contribution in [-0.2, 0) is 41.6 Å². The Morgan fingerprint density at radius 3 is 0.851 bits per heavy atom. The van der Waals surface area contributed by atoms with Crippen molar-refractivity contribution in [3.8, 4) is 0 Å². The Kier molecular flexibility index (Phi) is 21.6. The third-order valence-electron chi connectivity index (χ3n) is 12.1.